The van der Waals surface area contributed by atoms with Crippen LogP contribution in [0.1, 0.15) is 26.2 Å². The van der Waals surface area contributed by atoms with E-state index in [1.807, 2.05) is 23.6 Å². The Morgan fingerprint density at radius 3 is 2.57 bits per heavy atom. The van der Waals surface area contributed by atoms with Gasteiger partial charge in [-0.1, -0.05) is 30.7 Å². The smallest absolute Gasteiger partial charge is 0.406 e. The van der Waals surface area contributed by atoms with E-state index in [0.717, 1.165) is 12.1 Å². The maximum absolute atomic E-state index is 14.9. The molecule has 3 N–H and O–H groups in total. The number of carbonyl (C=O) groups excluding carboxylic acids is 1. The minimum absolute atomic E-state index is 0.345. The number of primary amides is 1. The molecule has 37 heavy (non-hydrogen) atoms. The van der Waals surface area contributed by atoms with Gasteiger partial charge < -0.3 is 15.4 Å². The summed E-state index contributed by atoms with van der Waals surface area (Å²) >= 11 is 6.12. The van der Waals surface area contributed by atoms with Crippen LogP contribution in [0.15, 0.2) is 54.9 Å². The van der Waals surface area contributed by atoms with Gasteiger partial charge in [-0.05, 0) is 49.4 Å². The topological polar surface area (TPSA) is 111 Å². The summed E-state index contributed by atoms with van der Waals surface area (Å²) in [5.41, 5.74) is 6.71. The number of imidazole rings is 1. The van der Waals surface area contributed by atoms with E-state index < -0.39 is 17.6 Å². The van der Waals surface area contributed by atoms with Crippen molar-refractivity contribution < 1.29 is 13.9 Å². The molecule has 0 bridgehead atoms. The lowest BCUT2D eigenvalue weighted by molar-refractivity contribution is -0.0293. The molecule has 4 aromatic rings. The molecule has 5 rings (SSSR count). The zero-order valence-corrected chi connectivity index (χ0v) is 21.1. The van der Waals surface area contributed by atoms with Crippen LogP contribution in [0.5, 0.6) is 0 Å². The third-order valence-corrected chi connectivity index (χ3v) is 6.74. The number of hydrogen-bond acceptors (Lipinski definition) is 7. The van der Waals surface area contributed by atoms with Crippen LogP contribution in [0.4, 0.5) is 15.0 Å². The van der Waals surface area contributed by atoms with Crippen LogP contribution in [0, 0.1) is 5.82 Å². The predicted octanol–water partition coefficient (Wildman–Crippen LogP) is 4.67. The summed E-state index contributed by atoms with van der Waals surface area (Å²) in [6.45, 7) is 3.82. The average molecular weight is 524 g/mol. The molecule has 0 unspecified atom stereocenters. The molecular formula is C26H27ClFN7O2. The lowest BCUT2D eigenvalue weighted by Crippen LogP contribution is -2.57. The van der Waals surface area contributed by atoms with Gasteiger partial charge >= 0.3 is 6.09 Å². The maximum Gasteiger partial charge on any atom is 0.406 e. The number of amides is 1. The molecule has 1 amide bonds. The Morgan fingerprint density at radius 2 is 1.89 bits per heavy atom. The highest BCUT2D eigenvalue weighted by Crippen LogP contribution is 2.35. The maximum atomic E-state index is 14.9. The second kappa shape index (κ2) is 10.3. The average Bonchev–Trinajstić information content (AvgIpc) is 3.28. The first kappa shape index (κ1) is 24.9. The van der Waals surface area contributed by atoms with Crippen molar-refractivity contribution in [2.75, 3.05) is 24.5 Å². The van der Waals surface area contributed by atoms with Crippen molar-refractivity contribution in [2.24, 2.45) is 5.73 Å². The lowest BCUT2D eigenvalue weighted by atomic mass is 9.99. The zero-order chi connectivity index (χ0) is 26.0. The highest BCUT2D eigenvalue weighted by Gasteiger charge is 2.38. The van der Waals surface area contributed by atoms with Gasteiger partial charge in [-0.25, -0.2) is 24.1 Å². The largest absolute Gasteiger partial charge is 0.428 e. The zero-order valence-electron chi connectivity index (χ0n) is 20.3. The van der Waals surface area contributed by atoms with E-state index in [1.54, 1.807) is 30.3 Å². The summed E-state index contributed by atoms with van der Waals surface area (Å²) in [7, 11) is 0. The number of nitrogens with zero attached hydrogens (tertiary/aromatic N) is 5. The fraction of sp³-hybridized carbons (Fsp3) is 0.308. The van der Waals surface area contributed by atoms with Crippen molar-refractivity contribution in [2.45, 2.75) is 31.9 Å². The quantitative estimate of drug-likeness (QED) is 0.339. The van der Waals surface area contributed by atoms with Crippen molar-refractivity contribution in [3.05, 3.63) is 65.7 Å². The van der Waals surface area contributed by atoms with Gasteiger partial charge in [0.2, 0.25) is 0 Å². The third kappa shape index (κ3) is 4.94. The Labute approximate surface area is 218 Å². The standard InChI is InChI=1S/C26H27ClFN7O2/c1-2-13-32-26(37-25(29)36)11-14-34(15-12-26)23-21-24(31-16-30-23)35(18-9-7-17(27)8-10-18)22(33-21)19-5-3-4-6-20(19)28/h3-10,16,32H,2,11-15H2,1H3,(H2,29,36). The van der Waals surface area contributed by atoms with Crippen LogP contribution in [0.2, 0.25) is 5.02 Å². The molecule has 1 aliphatic heterocycles. The molecule has 2 aromatic heterocycles. The van der Waals surface area contributed by atoms with Crippen molar-refractivity contribution >= 4 is 34.7 Å². The number of nitrogens with two attached hydrogens (primary N) is 1. The predicted molar refractivity (Wildman–Crippen MR) is 140 cm³/mol. The molecule has 0 spiro atoms. The molecule has 0 atom stereocenters. The first-order chi connectivity index (χ1) is 17.9. The lowest BCUT2D eigenvalue weighted by Gasteiger charge is -2.41. The highest BCUT2D eigenvalue weighted by atomic mass is 35.5. The monoisotopic (exact) mass is 523 g/mol. The fourth-order valence-corrected chi connectivity index (χ4v) is 4.84. The summed E-state index contributed by atoms with van der Waals surface area (Å²) < 4.78 is 22.2. The number of rotatable bonds is 7. The molecule has 2 aromatic carbocycles. The van der Waals surface area contributed by atoms with Gasteiger partial charge in [-0.3, -0.25) is 9.88 Å². The molecule has 0 radical (unpaired) electrons. The molecule has 11 heteroatoms. The van der Waals surface area contributed by atoms with Crippen molar-refractivity contribution in [1.82, 2.24) is 24.8 Å². The number of ether oxygens (including phenoxy) is 1. The summed E-state index contributed by atoms with van der Waals surface area (Å²) in [4.78, 5) is 27.6. The minimum atomic E-state index is -0.828. The second-order valence-electron chi connectivity index (χ2n) is 8.93. The molecule has 1 fully saturated rings. The number of hydrogen-bond donors (Lipinski definition) is 2. The van der Waals surface area contributed by atoms with Gasteiger partial charge in [0, 0.05) is 36.6 Å². The number of benzene rings is 2. The Morgan fingerprint density at radius 1 is 1.16 bits per heavy atom. The molecule has 1 aliphatic rings. The number of carbonyl (C=O) groups is 1. The number of nitrogens with one attached hydrogen (secondary N) is 1. The Kier molecular flexibility index (Phi) is 6.94. The van der Waals surface area contributed by atoms with E-state index in [2.05, 4.69) is 20.2 Å². The van der Waals surface area contributed by atoms with E-state index in [1.165, 1.54) is 12.4 Å². The summed E-state index contributed by atoms with van der Waals surface area (Å²) in [5, 5.41) is 3.92. The Hall–Kier alpha value is -3.76. The minimum Gasteiger partial charge on any atom is -0.428 e. The number of anilines is 1. The molecule has 0 aliphatic carbocycles. The summed E-state index contributed by atoms with van der Waals surface area (Å²) in [6.07, 6.45) is 2.59. The molecule has 3 heterocycles. The normalized spacial score (nSPS) is 15.2. The number of halogens is 2. The molecular weight excluding hydrogens is 497 g/mol. The van der Waals surface area contributed by atoms with Crippen LogP contribution in [0.3, 0.4) is 0 Å². The van der Waals surface area contributed by atoms with E-state index in [0.29, 0.717) is 65.9 Å². The fourth-order valence-electron chi connectivity index (χ4n) is 4.71. The number of piperidine rings is 1. The van der Waals surface area contributed by atoms with Crippen LogP contribution < -0.4 is 16.0 Å². The molecule has 9 nitrogen and oxygen atoms in total. The van der Waals surface area contributed by atoms with E-state index in [4.69, 9.17) is 27.1 Å². The summed E-state index contributed by atoms with van der Waals surface area (Å²) in [5.74, 6) is 0.638. The van der Waals surface area contributed by atoms with Crippen LogP contribution in [0.25, 0.3) is 28.2 Å². The molecule has 0 saturated carbocycles. The van der Waals surface area contributed by atoms with Gasteiger partial charge in [-0.2, -0.15) is 0 Å². The van der Waals surface area contributed by atoms with Gasteiger partial charge in [-0.15, -0.1) is 0 Å². The van der Waals surface area contributed by atoms with Gasteiger partial charge in [0.25, 0.3) is 0 Å². The van der Waals surface area contributed by atoms with Crippen LogP contribution >= 0.6 is 11.6 Å². The second-order valence-corrected chi connectivity index (χ2v) is 9.36. The van der Waals surface area contributed by atoms with Crippen molar-refractivity contribution in [3.63, 3.8) is 0 Å². The molecule has 192 valence electrons. The summed E-state index contributed by atoms with van der Waals surface area (Å²) in [6, 6.07) is 13.7. The Balaban J connectivity index is 1.58. The van der Waals surface area contributed by atoms with Gasteiger partial charge in [0.15, 0.2) is 22.7 Å². The van der Waals surface area contributed by atoms with Crippen molar-refractivity contribution in [1.29, 1.82) is 0 Å². The SMILES string of the molecule is CCCNC1(OC(N)=O)CCN(c2ncnc3c2nc(-c2ccccc2F)n3-c2ccc(Cl)cc2)CC1. The van der Waals surface area contributed by atoms with E-state index in [-0.39, 0.29) is 0 Å². The van der Waals surface area contributed by atoms with E-state index >= 15 is 0 Å². The number of aromatic nitrogens is 4. The first-order valence-corrected chi connectivity index (χ1v) is 12.5. The van der Waals surface area contributed by atoms with Crippen LogP contribution in [-0.2, 0) is 4.74 Å². The van der Waals surface area contributed by atoms with Gasteiger partial charge in [0.1, 0.15) is 18.0 Å². The first-order valence-electron chi connectivity index (χ1n) is 12.1. The Bertz CT molecular complexity index is 1420. The van der Waals surface area contributed by atoms with Crippen molar-refractivity contribution in [3.8, 4) is 17.1 Å². The van der Waals surface area contributed by atoms with E-state index in [9.17, 15) is 9.18 Å². The highest BCUT2D eigenvalue weighted by molar-refractivity contribution is 6.30. The van der Waals surface area contributed by atoms with Gasteiger partial charge in [0.05, 0.1) is 5.56 Å². The molecule has 1 saturated heterocycles. The number of fused-ring (bicyclic) bond motifs is 1. The van der Waals surface area contributed by atoms with Crippen LogP contribution in [-0.4, -0.2) is 51.0 Å². The third-order valence-electron chi connectivity index (χ3n) is 6.49.